The van der Waals surface area contributed by atoms with E-state index in [1.165, 1.54) is 0 Å². The Morgan fingerprint density at radius 2 is 2.33 bits per heavy atom. The lowest BCUT2D eigenvalue weighted by Crippen LogP contribution is -2.21. The van der Waals surface area contributed by atoms with Gasteiger partial charge in [0.25, 0.3) is 0 Å². The van der Waals surface area contributed by atoms with Gasteiger partial charge >= 0.3 is 0 Å². The quantitative estimate of drug-likeness (QED) is 0.766. The van der Waals surface area contributed by atoms with E-state index >= 15 is 0 Å². The molecule has 0 aromatic carbocycles. The zero-order valence-corrected chi connectivity index (χ0v) is 10.6. The lowest BCUT2D eigenvalue weighted by molar-refractivity contribution is -0.117. The second-order valence-corrected chi connectivity index (χ2v) is 4.61. The third kappa shape index (κ3) is 3.61. The van der Waals surface area contributed by atoms with Crippen LogP contribution >= 0.6 is 11.3 Å². The number of amides is 1. The van der Waals surface area contributed by atoms with Gasteiger partial charge in [-0.1, -0.05) is 6.07 Å². The molecule has 0 saturated heterocycles. The van der Waals surface area contributed by atoms with Crippen molar-refractivity contribution in [1.82, 2.24) is 15.3 Å². The molecule has 0 aliphatic heterocycles. The average Bonchev–Trinajstić information content (AvgIpc) is 2.84. The summed E-state index contributed by atoms with van der Waals surface area (Å²) in [6, 6.07) is 5.75. The van der Waals surface area contributed by atoms with Crippen LogP contribution in [-0.4, -0.2) is 22.4 Å². The molecule has 0 aliphatic carbocycles. The number of carbonyl (C=O) groups is 1. The summed E-state index contributed by atoms with van der Waals surface area (Å²) in [4.78, 5) is 19.3. The molecule has 2 heterocycles. The number of thiazole rings is 1. The first-order valence-electron chi connectivity index (χ1n) is 5.60. The van der Waals surface area contributed by atoms with Crippen LogP contribution in [0, 0.1) is 0 Å². The predicted molar refractivity (Wildman–Crippen MR) is 70.9 cm³/mol. The fourth-order valence-corrected chi connectivity index (χ4v) is 2.22. The number of rotatable bonds is 6. The SMILES string of the molecule is NC(=O)CCNCc1csc(-c2ccccn2)n1. The maximum Gasteiger partial charge on any atom is 0.218 e. The third-order valence-corrected chi connectivity index (χ3v) is 3.20. The minimum atomic E-state index is -0.296. The largest absolute Gasteiger partial charge is 0.370 e. The van der Waals surface area contributed by atoms with Crippen LogP contribution in [0.5, 0.6) is 0 Å². The first-order chi connectivity index (χ1) is 8.75. The number of nitrogens with one attached hydrogen (secondary N) is 1. The van der Waals surface area contributed by atoms with Gasteiger partial charge in [0.15, 0.2) is 0 Å². The Morgan fingerprint density at radius 3 is 3.06 bits per heavy atom. The van der Waals surface area contributed by atoms with E-state index in [2.05, 4.69) is 15.3 Å². The summed E-state index contributed by atoms with van der Waals surface area (Å²) in [5.41, 5.74) is 6.88. The van der Waals surface area contributed by atoms with E-state index in [0.29, 0.717) is 19.5 Å². The molecule has 0 radical (unpaired) electrons. The van der Waals surface area contributed by atoms with Gasteiger partial charge in [-0.3, -0.25) is 9.78 Å². The van der Waals surface area contributed by atoms with Crippen LogP contribution in [0.2, 0.25) is 0 Å². The average molecular weight is 262 g/mol. The summed E-state index contributed by atoms with van der Waals surface area (Å²) in [6.45, 7) is 1.21. The van der Waals surface area contributed by atoms with Crippen molar-refractivity contribution in [1.29, 1.82) is 0 Å². The first kappa shape index (κ1) is 12.7. The molecule has 3 N–H and O–H groups in total. The number of nitrogens with two attached hydrogens (primary N) is 1. The third-order valence-electron chi connectivity index (χ3n) is 2.29. The fourth-order valence-electron chi connectivity index (χ4n) is 1.42. The van der Waals surface area contributed by atoms with Crippen molar-refractivity contribution >= 4 is 17.2 Å². The van der Waals surface area contributed by atoms with Gasteiger partial charge in [-0.2, -0.15) is 0 Å². The van der Waals surface area contributed by atoms with Crippen molar-refractivity contribution in [3.8, 4) is 10.7 Å². The number of hydrogen-bond acceptors (Lipinski definition) is 5. The van der Waals surface area contributed by atoms with E-state index in [0.717, 1.165) is 16.4 Å². The van der Waals surface area contributed by atoms with Crippen LogP contribution in [-0.2, 0) is 11.3 Å². The summed E-state index contributed by atoms with van der Waals surface area (Å²) in [5, 5.41) is 6.01. The van der Waals surface area contributed by atoms with Crippen molar-refractivity contribution in [3.05, 3.63) is 35.5 Å². The minimum Gasteiger partial charge on any atom is -0.370 e. The summed E-state index contributed by atoms with van der Waals surface area (Å²) in [6.07, 6.45) is 2.10. The smallest absolute Gasteiger partial charge is 0.218 e. The molecule has 5 nitrogen and oxygen atoms in total. The van der Waals surface area contributed by atoms with Crippen LogP contribution in [0.25, 0.3) is 10.7 Å². The molecule has 0 unspecified atom stereocenters. The van der Waals surface area contributed by atoms with Gasteiger partial charge in [-0.05, 0) is 12.1 Å². The van der Waals surface area contributed by atoms with E-state index in [4.69, 9.17) is 5.73 Å². The maximum atomic E-state index is 10.6. The van der Waals surface area contributed by atoms with Gasteiger partial charge in [-0.15, -0.1) is 11.3 Å². The molecule has 1 amide bonds. The second-order valence-electron chi connectivity index (χ2n) is 3.75. The lowest BCUT2D eigenvalue weighted by atomic mass is 10.3. The molecule has 0 saturated carbocycles. The van der Waals surface area contributed by atoms with Gasteiger partial charge < -0.3 is 11.1 Å². The van der Waals surface area contributed by atoms with Crippen LogP contribution in [0.3, 0.4) is 0 Å². The zero-order valence-electron chi connectivity index (χ0n) is 9.80. The highest BCUT2D eigenvalue weighted by molar-refractivity contribution is 7.13. The zero-order chi connectivity index (χ0) is 12.8. The molecule has 0 fully saturated rings. The monoisotopic (exact) mass is 262 g/mol. The van der Waals surface area contributed by atoms with E-state index in [1.807, 2.05) is 23.6 Å². The summed E-state index contributed by atoms with van der Waals surface area (Å²) in [5.74, 6) is -0.296. The van der Waals surface area contributed by atoms with Crippen molar-refractivity contribution in [2.45, 2.75) is 13.0 Å². The van der Waals surface area contributed by atoms with Crippen LogP contribution in [0.15, 0.2) is 29.8 Å². The van der Waals surface area contributed by atoms with Crippen molar-refractivity contribution in [3.63, 3.8) is 0 Å². The number of carbonyl (C=O) groups excluding carboxylic acids is 1. The molecule has 94 valence electrons. The van der Waals surface area contributed by atoms with E-state index in [-0.39, 0.29) is 5.91 Å². The Labute approximate surface area is 109 Å². The molecule has 2 aromatic heterocycles. The first-order valence-corrected chi connectivity index (χ1v) is 6.48. The fraction of sp³-hybridized carbons (Fsp3) is 0.250. The highest BCUT2D eigenvalue weighted by atomic mass is 32.1. The normalized spacial score (nSPS) is 10.4. The van der Waals surface area contributed by atoms with Gasteiger partial charge in [0.2, 0.25) is 5.91 Å². The number of primary amides is 1. The molecule has 0 aliphatic rings. The maximum absolute atomic E-state index is 10.6. The van der Waals surface area contributed by atoms with Crippen molar-refractivity contribution in [2.75, 3.05) is 6.54 Å². The number of nitrogens with zero attached hydrogens (tertiary/aromatic N) is 2. The lowest BCUT2D eigenvalue weighted by Gasteiger charge is -1.99. The molecular formula is C12H14N4OS. The molecule has 2 rings (SSSR count). The Morgan fingerprint density at radius 1 is 1.44 bits per heavy atom. The van der Waals surface area contributed by atoms with Gasteiger partial charge in [-0.25, -0.2) is 4.98 Å². The summed E-state index contributed by atoms with van der Waals surface area (Å²) >= 11 is 1.56. The van der Waals surface area contributed by atoms with E-state index in [9.17, 15) is 4.79 Å². The highest BCUT2D eigenvalue weighted by Gasteiger charge is 2.05. The van der Waals surface area contributed by atoms with Gasteiger partial charge in [0, 0.05) is 31.1 Å². The molecular weight excluding hydrogens is 248 g/mol. The van der Waals surface area contributed by atoms with Crippen molar-refractivity contribution in [2.24, 2.45) is 5.73 Å². The molecule has 0 bridgehead atoms. The Hall–Kier alpha value is -1.79. The van der Waals surface area contributed by atoms with Crippen LogP contribution in [0.1, 0.15) is 12.1 Å². The molecule has 18 heavy (non-hydrogen) atoms. The highest BCUT2D eigenvalue weighted by Crippen LogP contribution is 2.20. The molecule has 2 aromatic rings. The minimum absolute atomic E-state index is 0.296. The summed E-state index contributed by atoms with van der Waals surface area (Å²) in [7, 11) is 0. The van der Waals surface area contributed by atoms with E-state index in [1.54, 1.807) is 17.5 Å². The Bertz CT molecular complexity index is 512. The molecule has 0 atom stereocenters. The topological polar surface area (TPSA) is 80.9 Å². The van der Waals surface area contributed by atoms with E-state index < -0.39 is 0 Å². The van der Waals surface area contributed by atoms with Gasteiger partial charge in [0.1, 0.15) is 5.01 Å². The number of hydrogen-bond donors (Lipinski definition) is 2. The number of pyridine rings is 1. The van der Waals surface area contributed by atoms with Gasteiger partial charge in [0.05, 0.1) is 11.4 Å². The second kappa shape index (κ2) is 6.23. The van der Waals surface area contributed by atoms with Crippen LogP contribution in [0.4, 0.5) is 0 Å². The molecule has 0 spiro atoms. The predicted octanol–water partition coefficient (Wildman–Crippen LogP) is 1.17. The standard InChI is InChI=1S/C12H14N4OS/c13-11(17)4-6-14-7-9-8-18-12(16-9)10-3-1-2-5-15-10/h1-3,5,8,14H,4,6-7H2,(H2,13,17). The van der Waals surface area contributed by atoms with Crippen molar-refractivity contribution < 1.29 is 4.79 Å². The Kier molecular flexibility index (Phi) is 4.38. The van der Waals surface area contributed by atoms with Crippen LogP contribution < -0.4 is 11.1 Å². The summed E-state index contributed by atoms with van der Waals surface area (Å²) < 4.78 is 0. The Balaban J connectivity index is 1.89. The molecule has 6 heteroatoms. The number of aromatic nitrogens is 2.